The number of pyridine rings is 1. The van der Waals surface area contributed by atoms with Crippen LogP contribution in [-0.2, 0) is 4.74 Å². The number of aryl methyl sites for hydroxylation is 1. The summed E-state index contributed by atoms with van der Waals surface area (Å²) in [7, 11) is 0. The minimum Gasteiger partial charge on any atom is -0.368 e. The molecule has 114 valence electrons. The van der Waals surface area contributed by atoms with Gasteiger partial charge < -0.3 is 15.4 Å². The molecule has 0 saturated carbocycles. The van der Waals surface area contributed by atoms with E-state index in [1.54, 1.807) is 18.5 Å². The number of aromatic nitrogens is 3. The standard InChI is InChI=1S/C15H17N5O2/c1-10-6-14(19-9-18-10)20-4-5-22-13(8-20)12-3-2-11(7-17-12)15(16)21/h2-3,6-7,9,13H,4-5,8H2,1H3,(H2,16,21)/t13-/m1/s1. The van der Waals surface area contributed by atoms with Crippen LogP contribution in [0.1, 0.15) is 27.8 Å². The summed E-state index contributed by atoms with van der Waals surface area (Å²) in [4.78, 5) is 25.9. The maximum Gasteiger partial charge on any atom is 0.250 e. The molecule has 3 rings (SSSR count). The van der Waals surface area contributed by atoms with Crippen molar-refractivity contribution in [3.8, 4) is 0 Å². The molecule has 1 fully saturated rings. The van der Waals surface area contributed by atoms with Crippen LogP contribution in [0.3, 0.4) is 0 Å². The summed E-state index contributed by atoms with van der Waals surface area (Å²) in [5, 5.41) is 0. The van der Waals surface area contributed by atoms with Crippen LogP contribution in [0.15, 0.2) is 30.7 Å². The Hall–Kier alpha value is -2.54. The van der Waals surface area contributed by atoms with Crippen molar-refractivity contribution < 1.29 is 9.53 Å². The van der Waals surface area contributed by atoms with Gasteiger partial charge in [0.2, 0.25) is 5.91 Å². The lowest BCUT2D eigenvalue weighted by Crippen LogP contribution is -2.39. The number of hydrogen-bond donors (Lipinski definition) is 1. The highest BCUT2D eigenvalue weighted by molar-refractivity contribution is 5.92. The van der Waals surface area contributed by atoms with Gasteiger partial charge in [0.25, 0.3) is 0 Å². The molecule has 2 N–H and O–H groups in total. The molecule has 1 aliphatic heterocycles. The van der Waals surface area contributed by atoms with E-state index in [-0.39, 0.29) is 6.10 Å². The average Bonchev–Trinajstić information content (AvgIpc) is 2.55. The van der Waals surface area contributed by atoms with Gasteiger partial charge in [-0.3, -0.25) is 9.78 Å². The molecule has 7 heteroatoms. The molecule has 1 saturated heterocycles. The first-order valence-electron chi connectivity index (χ1n) is 7.04. The number of rotatable bonds is 3. The van der Waals surface area contributed by atoms with Gasteiger partial charge in [-0.2, -0.15) is 0 Å². The predicted octanol–water partition coefficient (Wildman–Crippen LogP) is 0.857. The Morgan fingerprint density at radius 3 is 2.91 bits per heavy atom. The topological polar surface area (TPSA) is 94.2 Å². The number of nitrogens with zero attached hydrogens (tertiary/aromatic N) is 4. The van der Waals surface area contributed by atoms with Gasteiger partial charge >= 0.3 is 0 Å². The maximum atomic E-state index is 11.1. The third-order valence-corrected chi connectivity index (χ3v) is 3.58. The SMILES string of the molecule is Cc1cc(N2CCO[C@@H](c3ccc(C(N)=O)cn3)C2)ncn1. The molecule has 0 bridgehead atoms. The van der Waals surface area contributed by atoms with Crippen LogP contribution in [-0.4, -0.2) is 40.6 Å². The molecule has 0 unspecified atom stereocenters. The minimum absolute atomic E-state index is 0.161. The predicted molar refractivity (Wildman–Crippen MR) is 80.4 cm³/mol. The van der Waals surface area contributed by atoms with Crippen LogP contribution in [0.2, 0.25) is 0 Å². The zero-order valence-electron chi connectivity index (χ0n) is 12.3. The second-order valence-electron chi connectivity index (χ2n) is 5.16. The Bertz CT molecular complexity index is 674. The molecule has 22 heavy (non-hydrogen) atoms. The lowest BCUT2D eigenvalue weighted by atomic mass is 10.1. The Labute approximate surface area is 128 Å². The minimum atomic E-state index is -0.485. The fraction of sp³-hybridized carbons (Fsp3) is 0.333. The van der Waals surface area contributed by atoms with Crippen molar-refractivity contribution in [2.24, 2.45) is 5.73 Å². The second kappa shape index (κ2) is 6.07. The monoisotopic (exact) mass is 299 g/mol. The number of ether oxygens (including phenoxy) is 1. The van der Waals surface area contributed by atoms with Crippen molar-refractivity contribution in [1.82, 2.24) is 15.0 Å². The maximum absolute atomic E-state index is 11.1. The first-order valence-corrected chi connectivity index (χ1v) is 7.04. The van der Waals surface area contributed by atoms with E-state index in [0.29, 0.717) is 18.7 Å². The van der Waals surface area contributed by atoms with E-state index in [1.807, 2.05) is 13.0 Å². The molecule has 0 aliphatic carbocycles. The summed E-state index contributed by atoms with van der Waals surface area (Å²) in [6.07, 6.45) is 2.88. The lowest BCUT2D eigenvalue weighted by molar-refractivity contribution is 0.0367. The molecule has 1 atom stereocenters. The van der Waals surface area contributed by atoms with E-state index >= 15 is 0 Å². The largest absolute Gasteiger partial charge is 0.368 e. The van der Waals surface area contributed by atoms with Gasteiger partial charge in [-0.15, -0.1) is 0 Å². The van der Waals surface area contributed by atoms with Gasteiger partial charge in [0, 0.05) is 24.5 Å². The van der Waals surface area contributed by atoms with Gasteiger partial charge in [-0.25, -0.2) is 9.97 Å². The van der Waals surface area contributed by atoms with Gasteiger partial charge in [0.1, 0.15) is 18.2 Å². The first-order chi connectivity index (χ1) is 10.6. The number of anilines is 1. The summed E-state index contributed by atoms with van der Waals surface area (Å²) in [5.74, 6) is 0.399. The highest BCUT2D eigenvalue weighted by Crippen LogP contribution is 2.24. The molecule has 7 nitrogen and oxygen atoms in total. The van der Waals surface area contributed by atoms with Crippen molar-refractivity contribution in [2.45, 2.75) is 13.0 Å². The fourth-order valence-corrected chi connectivity index (χ4v) is 2.39. The lowest BCUT2D eigenvalue weighted by Gasteiger charge is -2.33. The van der Waals surface area contributed by atoms with E-state index in [1.165, 1.54) is 6.20 Å². The number of morpholine rings is 1. The van der Waals surface area contributed by atoms with Crippen LogP contribution in [0.5, 0.6) is 0 Å². The quantitative estimate of drug-likeness (QED) is 0.903. The molecule has 2 aromatic heterocycles. The van der Waals surface area contributed by atoms with Crippen molar-refractivity contribution in [1.29, 1.82) is 0 Å². The Kier molecular flexibility index (Phi) is 3.97. The second-order valence-corrected chi connectivity index (χ2v) is 5.16. The first kappa shape index (κ1) is 14.4. The van der Waals surface area contributed by atoms with E-state index in [4.69, 9.17) is 10.5 Å². The normalized spacial score (nSPS) is 18.2. The molecular weight excluding hydrogens is 282 g/mol. The van der Waals surface area contributed by atoms with Crippen molar-refractivity contribution in [3.63, 3.8) is 0 Å². The summed E-state index contributed by atoms with van der Waals surface area (Å²) >= 11 is 0. The van der Waals surface area contributed by atoms with E-state index in [9.17, 15) is 4.79 Å². The molecular formula is C15H17N5O2. The highest BCUT2D eigenvalue weighted by Gasteiger charge is 2.24. The third-order valence-electron chi connectivity index (χ3n) is 3.58. The van der Waals surface area contributed by atoms with Crippen molar-refractivity contribution >= 4 is 11.7 Å². The molecule has 2 aromatic rings. The third kappa shape index (κ3) is 3.04. The zero-order chi connectivity index (χ0) is 15.5. The molecule has 0 spiro atoms. The highest BCUT2D eigenvalue weighted by atomic mass is 16.5. The molecule has 1 amide bonds. The van der Waals surface area contributed by atoms with Crippen LogP contribution >= 0.6 is 0 Å². The van der Waals surface area contributed by atoms with Gasteiger partial charge in [0.05, 0.1) is 24.4 Å². The average molecular weight is 299 g/mol. The van der Waals surface area contributed by atoms with Crippen LogP contribution in [0, 0.1) is 6.92 Å². The van der Waals surface area contributed by atoms with Crippen LogP contribution < -0.4 is 10.6 Å². The number of primary amides is 1. The number of amides is 1. The smallest absolute Gasteiger partial charge is 0.250 e. The van der Waals surface area contributed by atoms with E-state index < -0.39 is 5.91 Å². The number of hydrogen-bond acceptors (Lipinski definition) is 6. The van der Waals surface area contributed by atoms with Gasteiger partial charge in [-0.1, -0.05) is 0 Å². The Balaban J connectivity index is 1.76. The Morgan fingerprint density at radius 2 is 2.23 bits per heavy atom. The van der Waals surface area contributed by atoms with E-state index in [0.717, 1.165) is 23.8 Å². The zero-order valence-corrected chi connectivity index (χ0v) is 12.3. The molecule has 0 radical (unpaired) electrons. The summed E-state index contributed by atoms with van der Waals surface area (Å²) in [5.41, 5.74) is 7.32. The summed E-state index contributed by atoms with van der Waals surface area (Å²) < 4.78 is 5.78. The summed E-state index contributed by atoms with van der Waals surface area (Å²) in [6.45, 7) is 3.95. The number of carbonyl (C=O) groups excluding carboxylic acids is 1. The van der Waals surface area contributed by atoms with Crippen molar-refractivity contribution in [2.75, 3.05) is 24.6 Å². The van der Waals surface area contributed by atoms with E-state index in [2.05, 4.69) is 19.9 Å². The molecule has 1 aliphatic rings. The fourth-order valence-electron chi connectivity index (χ4n) is 2.39. The van der Waals surface area contributed by atoms with Crippen molar-refractivity contribution in [3.05, 3.63) is 47.7 Å². The molecule has 3 heterocycles. The van der Waals surface area contributed by atoms with Gasteiger partial charge in [-0.05, 0) is 19.1 Å². The van der Waals surface area contributed by atoms with Crippen LogP contribution in [0.4, 0.5) is 5.82 Å². The summed E-state index contributed by atoms with van der Waals surface area (Å²) in [6, 6.07) is 5.40. The number of nitrogens with two attached hydrogens (primary N) is 1. The van der Waals surface area contributed by atoms with Gasteiger partial charge in [0.15, 0.2) is 0 Å². The Morgan fingerprint density at radius 1 is 1.36 bits per heavy atom. The number of carbonyl (C=O) groups is 1. The van der Waals surface area contributed by atoms with Crippen LogP contribution in [0.25, 0.3) is 0 Å². The molecule has 0 aromatic carbocycles.